The molecule has 0 aliphatic carbocycles. The normalized spacial score (nSPS) is 11.8. The summed E-state index contributed by atoms with van der Waals surface area (Å²) in [6.45, 7) is 2.23. The molecular formula is C19H20N4O2. The van der Waals surface area contributed by atoms with Gasteiger partial charge in [-0.25, -0.2) is 4.98 Å². The highest BCUT2D eigenvalue weighted by atomic mass is 16.5. The first-order valence-electron chi connectivity index (χ1n) is 7.99. The third-order valence-corrected chi connectivity index (χ3v) is 3.64. The minimum atomic E-state index is -0.679. The van der Waals surface area contributed by atoms with Crippen molar-refractivity contribution < 1.29 is 9.84 Å². The second-order valence-electron chi connectivity index (χ2n) is 5.75. The summed E-state index contributed by atoms with van der Waals surface area (Å²) >= 11 is 0. The molecule has 1 unspecified atom stereocenters. The van der Waals surface area contributed by atoms with E-state index >= 15 is 0 Å². The smallest absolute Gasteiger partial charge is 0.228 e. The van der Waals surface area contributed by atoms with Crippen LogP contribution in [0, 0.1) is 6.92 Å². The van der Waals surface area contributed by atoms with Crippen LogP contribution in [0.25, 0.3) is 0 Å². The number of likely N-dealkylation sites (N-methyl/N-ethyl adjacent to an activating group) is 1. The van der Waals surface area contributed by atoms with E-state index in [1.165, 1.54) is 0 Å². The quantitative estimate of drug-likeness (QED) is 0.745. The molecule has 0 spiro atoms. The lowest BCUT2D eigenvalue weighted by atomic mass is 10.1. The number of anilines is 1. The van der Waals surface area contributed by atoms with Gasteiger partial charge in [-0.15, -0.1) is 0 Å². The number of aromatic nitrogens is 3. The Bertz CT molecular complexity index is 812. The number of hydrogen-bond acceptors (Lipinski definition) is 6. The van der Waals surface area contributed by atoms with Crippen molar-refractivity contribution in [3.63, 3.8) is 0 Å². The first-order valence-corrected chi connectivity index (χ1v) is 7.99. The number of aliphatic hydroxyl groups excluding tert-OH is 1. The Balaban J connectivity index is 1.75. The molecule has 0 aliphatic heterocycles. The maximum atomic E-state index is 10.4. The van der Waals surface area contributed by atoms with Gasteiger partial charge in [0.25, 0.3) is 0 Å². The summed E-state index contributed by atoms with van der Waals surface area (Å²) in [4.78, 5) is 14.7. The van der Waals surface area contributed by atoms with Crippen LogP contribution in [-0.2, 0) is 0 Å². The average molecular weight is 336 g/mol. The maximum Gasteiger partial charge on any atom is 0.228 e. The second-order valence-corrected chi connectivity index (χ2v) is 5.75. The Hall–Kier alpha value is -2.99. The Morgan fingerprint density at radius 3 is 2.64 bits per heavy atom. The number of rotatable bonds is 6. The average Bonchev–Trinajstić information content (AvgIpc) is 2.62. The predicted molar refractivity (Wildman–Crippen MR) is 95.8 cm³/mol. The van der Waals surface area contributed by atoms with E-state index in [9.17, 15) is 5.11 Å². The highest BCUT2D eigenvalue weighted by Crippen LogP contribution is 2.22. The zero-order valence-corrected chi connectivity index (χ0v) is 14.2. The largest absolute Gasteiger partial charge is 0.439 e. The molecule has 1 N–H and O–H groups in total. The van der Waals surface area contributed by atoms with Crippen LogP contribution in [0.1, 0.15) is 17.4 Å². The molecule has 0 amide bonds. The summed E-state index contributed by atoms with van der Waals surface area (Å²) in [5.74, 6) is 1.68. The fourth-order valence-electron chi connectivity index (χ4n) is 2.38. The zero-order chi connectivity index (χ0) is 17.6. The van der Waals surface area contributed by atoms with Crippen LogP contribution in [-0.4, -0.2) is 33.7 Å². The summed E-state index contributed by atoms with van der Waals surface area (Å²) < 4.78 is 5.79. The van der Waals surface area contributed by atoms with E-state index in [-0.39, 0.29) is 0 Å². The molecule has 0 aliphatic rings. The van der Waals surface area contributed by atoms with Gasteiger partial charge in [-0.1, -0.05) is 24.3 Å². The van der Waals surface area contributed by atoms with Gasteiger partial charge in [0.2, 0.25) is 11.8 Å². The van der Waals surface area contributed by atoms with Crippen LogP contribution in [0.15, 0.2) is 60.9 Å². The fraction of sp³-hybridized carbons (Fsp3) is 0.211. The van der Waals surface area contributed by atoms with Gasteiger partial charge < -0.3 is 14.7 Å². The predicted octanol–water partition coefficient (Wildman–Crippen LogP) is 3.14. The maximum absolute atomic E-state index is 10.4. The lowest BCUT2D eigenvalue weighted by Gasteiger charge is -2.21. The molecule has 1 aromatic carbocycles. The monoisotopic (exact) mass is 336 g/mol. The van der Waals surface area contributed by atoms with E-state index in [4.69, 9.17) is 4.74 Å². The molecule has 0 fully saturated rings. The number of aryl methyl sites for hydroxylation is 1. The van der Waals surface area contributed by atoms with Crippen LogP contribution in [0.4, 0.5) is 5.95 Å². The molecule has 2 aromatic heterocycles. The van der Waals surface area contributed by atoms with E-state index in [1.807, 2.05) is 50.4 Å². The third kappa shape index (κ3) is 4.51. The van der Waals surface area contributed by atoms with Gasteiger partial charge in [0.1, 0.15) is 5.75 Å². The van der Waals surface area contributed by atoms with Gasteiger partial charge in [0, 0.05) is 36.8 Å². The minimum Gasteiger partial charge on any atom is -0.439 e. The Morgan fingerprint density at radius 2 is 1.92 bits per heavy atom. The summed E-state index contributed by atoms with van der Waals surface area (Å²) in [6, 6.07) is 14.9. The van der Waals surface area contributed by atoms with Crippen LogP contribution in [0.2, 0.25) is 0 Å². The third-order valence-electron chi connectivity index (χ3n) is 3.64. The van der Waals surface area contributed by atoms with Crippen LogP contribution < -0.4 is 9.64 Å². The lowest BCUT2D eigenvalue weighted by molar-refractivity contribution is 0.184. The first kappa shape index (κ1) is 16.9. The topological polar surface area (TPSA) is 71.4 Å². The van der Waals surface area contributed by atoms with E-state index in [2.05, 4.69) is 15.0 Å². The highest BCUT2D eigenvalue weighted by molar-refractivity contribution is 5.36. The minimum absolute atomic E-state index is 0.347. The molecule has 25 heavy (non-hydrogen) atoms. The molecule has 0 saturated carbocycles. The summed E-state index contributed by atoms with van der Waals surface area (Å²) in [5, 5.41) is 10.4. The van der Waals surface area contributed by atoms with Crippen molar-refractivity contribution in [1.82, 2.24) is 15.0 Å². The molecule has 2 heterocycles. The molecule has 0 radical (unpaired) electrons. The first-order chi connectivity index (χ1) is 12.1. The molecule has 3 aromatic rings. The van der Waals surface area contributed by atoms with Gasteiger partial charge in [-0.3, -0.25) is 4.98 Å². The standard InChI is InChI=1S/C19H20N4O2/c1-14-11-18(25-16-8-4-3-5-9-16)22-19(21-14)23(2)13-17(24)15-7-6-10-20-12-15/h3-12,17,24H,13H2,1-2H3. The lowest BCUT2D eigenvalue weighted by Crippen LogP contribution is -2.26. The molecule has 6 heteroatoms. The number of ether oxygens (including phenoxy) is 1. The molecule has 0 bridgehead atoms. The molecule has 128 valence electrons. The Labute approximate surface area is 146 Å². The van der Waals surface area contributed by atoms with Gasteiger partial charge in [-0.05, 0) is 25.1 Å². The molecular weight excluding hydrogens is 316 g/mol. The van der Waals surface area contributed by atoms with E-state index in [1.54, 1.807) is 29.4 Å². The molecule has 0 saturated heterocycles. The van der Waals surface area contributed by atoms with Crippen LogP contribution in [0.5, 0.6) is 11.6 Å². The van der Waals surface area contributed by atoms with E-state index in [0.717, 1.165) is 11.3 Å². The molecule has 1 atom stereocenters. The summed E-state index contributed by atoms with van der Waals surface area (Å²) in [6.07, 6.45) is 2.65. The van der Waals surface area contributed by atoms with Gasteiger partial charge in [-0.2, -0.15) is 4.98 Å². The van der Waals surface area contributed by atoms with Crippen molar-refractivity contribution in [1.29, 1.82) is 0 Å². The second kappa shape index (κ2) is 7.72. The van der Waals surface area contributed by atoms with Crippen molar-refractivity contribution in [2.24, 2.45) is 0 Å². The van der Waals surface area contributed by atoms with Gasteiger partial charge in [0.05, 0.1) is 12.6 Å². The van der Waals surface area contributed by atoms with Crippen molar-refractivity contribution in [3.8, 4) is 11.6 Å². The van der Waals surface area contributed by atoms with Crippen LogP contribution >= 0.6 is 0 Å². The zero-order valence-electron chi connectivity index (χ0n) is 14.2. The Kier molecular flexibility index (Phi) is 5.20. The Morgan fingerprint density at radius 1 is 1.12 bits per heavy atom. The van der Waals surface area contributed by atoms with Crippen molar-refractivity contribution in [2.45, 2.75) is 13.0 Å². The number of aliphatic hydroxyl groups is 1. The number of hydrogen-bond donors (Lipinski definition) is 1. The fourth-order valence-corrected chi connectivity index (χ4v) is 2.38. The summed E-state index contributed by atoms with van der Waals surface area (Å²) in [7, 11) is 1.83. The number of benzene rings is 1. The molecule has 6 nitrogen and oxygen atoms in total. The van der Waals surface area contributed by atoms with Crippen LogP contribution in [0.3, 0.4) is 0 Å². The number of pyridine rings is 1. The van der Waals surface area contributed by atoms with Gasteiger partial charge >= 0.3 is 0 Å². The molecule has 3 rings (SSSR count). The van der Waals surface area contributed by atoms with E-state index < -0.39 is 6.10 Å². The SMILES string of the molecule is Cc1cc(Oc2ccccc2)nc(N(C)CC(O)c2cccnc2)n1. The van der Waals surface area contributed by atoms with E-state index in [0.29, 0.717) is 24.1 Å². The van der Waals surface area contributed by atoms with Crippen molar-refractivity contribution in [3.05, 3.63) is 72.2 Å². The number of nitrogens with zero attached hydrogens (tertiary/aromatic N) is 4. The van der Waals surface area contributed by atoms with Gasteiger partial charge in [0.15, 0.2) is 0 Å². The van der Waals surface area contributed by atoms with Crippen molar-refractivity contribution in [2.75, 3.05) is 18.5 Å². The summed E-state index contributed by atoms with van der Waals surface area (Å²) in [5.41, 5.74) is 1.54. The number of para-hydroxylation sites is 1. The van der Waals surface area contributed by atoms with Crippen molar-refractivity contribution >= 4 is 5.95 Å². The highest BCUT2D eigenvalue weighted by Gasteiger charge is 2.14.